The molecule has 1 N–H and O–H groups in total. The SMILES string of the molecule is O=Nc1ccc(Nc2cccc(Br)c2)cc1. The summed E-state index contributed by atoms with van der Waals surface area (Å²) in [5, 5.41) is 6.07. The van der Waals surface area contributed by atoms with Crippen LogP contribution in [0.5, 0.6) is 0 Å². The van der Waals surface area contributed by atoms with Gasteiger partial charge >= 0.3 is 0 Å². The number of rotatable bonds is 3. The molecule has 4 heteroatoms. The first-order valence-corrected chi connectivity index (χ1v) is 5.53. The first-order chi connectivity index (χ1) is 7.78. The predicted octanol–water partition coefficient (Wildman–Crippen LogP) is 4.59. The number of nitroso groups, excluding NO2 is 1. The Hall–Kier alpha value is -1.68. The van der Waals surface area contributed by atoms with E-state index in [9.17, 15) is 4.91 Å². The second-order valence-corrected chi connectivity index (χ2v) is 4.19. The normalized spacial score (nSPS) is 9.81. The summed E-state index contributed by atoms with van der Waals surface area (Å²) in [6.45, 7) is 0. The molecule has 2 aromatic carbocycles. The average Bonchev–Trinajstić information content (AvgIpc) is 2.30. The topological polar surface area (TPSA) is 41.5 Å². The van der Waals surface area contributed by atoms with Gasteiger partial charge in [-0.05, 0) is 47.6 Å². The zero-order valence-corrected chi connectivity index (χ0v) is 9.94. The minimum absolute atomic E-state index is 0.430. The molecule has 0 radical (unpaired) electrons. The van der Waals surface area contributed by atoms with Crippen molar-refractivity contribution < 1.29 is 0 Å². The molecule has 16 heavy (non-hydrogen) atoms. The molecular formula is C12H9BrN2O. The molecule has 0 unspecified atom stereocenters. The molecule has 0 aliphatic carbocycles. The highest BCUT2D eigenvalue weighted by atomic mass is 79.9. The first-order valence-electron chi connectivity index (χ1n) is 4.74. The summed E-state index contributed by atoms with van der Waals surface area (Å²) in [4.78, 5) is 10.2. The Morgan fingerprint density at radius 3 is 2.38 bits per heavy atom. The van der Waals surface area contributed by atoms with Gasteiger partial charge in [-0.25, -0.2) is 0 Å². The zero-order valence-electron chi connectivity index (χ0n) is 8.35. The van der Waals surface area contributed by atoms with Crippen LogP contribution in [-0.2, 0) is 0 Å². The van der Waals surface area contributed by atoms with Crippen molar-refractivity contribution in [2.75, 3.05) is 5.32 Å². The molecule has 0 atom stereocenters. The minimum atomic E-state index is 0.430. The monoisotopic (exact) mass is 276 g/mol. The van der Waals surface area contributed by atoms with Crippen LogP contribution in [0.2, 0.25) is 0 Å². The van der Waals surface area contributed by atoms with Gasteiger partial charge in [-0.15, -0.1) is 4.91 Å². The smallest absolute Gasteiger partial charge is 0.108 e. The second-order valence-electron chi connectivity index (χ2n) is 3.27. The van der Waals surface area contributed by atoms with E-state index in [1.807, 2.05) is 36.4 Å². The lowest BCUT2D eigenvalue weighted by Crippen LogP contribution is -1.88. The van der Waals surface area contributed by atoms with Crippen molar-refractivity contribution in [3.63, 3.8) is 0 Å². The molecule has 0 aliphatic rings. The standard InChI is InChI=1S/C12H9BrN2O/c13-9-2-1-3-12(8-9)14-10-4-6-11(15-16)7-5-10/h1-8,14H. The van der Waals surface area contributed by atoms with Crippen molar-refractivity contribution in [1.82, 2.24) is 0 Å². The highest BCUT2D eigenvalue weighted by molar-refractivity contribution is 9.10. The van der Waals surface area contributed by atoms with E-state index >= 15 is 0 Å². The molecule has 2 aromatic rings. The molecule has 0 fully saturated rings. The highest BCUT2D eigenvalue weighted by Crippen LogP contribution is 2.22. The van der Waals surface area contributed by atoms with E-state index in [4.69, 9.17) is 0 Å². The van der Waals surface area contributed by atoms with E-state index in [0.717, 1.165) is 15.8 Å². The number of anilines is 2. The molecule has 3 nitrogen and oxygen atoms in total. The Balaban J connectivity index is 2.17. The molecule has 2 rings (SSSR count). The van der Waals surface area contributed by atoms with Gasteiger partial charge in [0.2, 0.25) is 0 Å². The van der Waals surface area contributed by atoms with Gasteiger partial charge in [-0.1, -0.05) is 22.0 Å². The van der Waals surface area contributed by atoms with Crippen molar-refractivity contribution >= 4 is 33.0 Å². The molecule has 0 amide bonds. The Morgan fingerprint density at radius 2 is 1.75 bits per heavy atom. The van der Waals surface area contributed by atoms with Crippen LogP contribution in [0.3, 0.4) is 0 Å². The third-order valence-corrected chi connectivity index (χ3v) is 2.58. The number of benzene rings is 2. The molecule has 80 valence electrons. The molecule has 0 spiro atoms. The summed E-state index contributed by atoms with van der Waals surface area (Å²) >= 11 is 3.40. The van der Waals surface area contributed by atoms with Crippen molar-refractivity contribution in [2.24, 2.45) is 5.18 Å². The lowest BCUT2D eigenvalue weighted by molar-refractivity contribution is 1.47. The van der Waals surface area contributed by atoms with Crippen LogP contribution in [0.1, 0.15) is 0 Å². The van der Waals surface area contributed by atoms with Crippen LogP contribution in [0.15, 0.2) is 58.2 Å². The molecule has 0 bridgehead atoms. The maximum atomic E-state index is 10.2. The van der Waals surface area contributed by atoms with Crippen LogP contribution in [0, 0.1) is 4.91 Å². The van der Waals surface area contributed by atoms with Crippen LogP contribution >= 0.6 is 15.9 Å². The minimum Gasteiger partial charge on any atom is -0.355 e. The van der Waals surface area contributed by atoms with Crippen LogP contribution in [-0.4, -0.2) is 0 Å². The van der Waals surface area contributed by atoms with Gasteiger partial charge in [0.25, 0.3) is 0 Å². The van der Waals surface area contributed by atoms with Crippen LogP contribution < -0.4 is 5.32 Å². The Kier molecular flexibility index (Phi) is 3.31. The second kappa shape index (κ2) is 4.90. The number of nitrogens with one attached hydrogen (secondary N) is 1. The lowest BCUT2D eigenvalue weighted by Gasteiger charge is -2.06. The first kappa shape index (κ1) is 10.8. The van der Waals surface area contributed by atoms with Gasteiger partial charge in [0, 0.05) is 15.8 Å². The van der Waals surface area contributed by atoms with Gasteiger partial charge in [-0.3, -0.25) is 0 Å². The molecule has 0 heterocycles. The fourth-order valence-corrected chi connectivity index (χ4v) is 1.74. The van der Waals surface area contributed by atoms with E-state index < -0.39 is 0 Å². The van der Waals surface area contributed by atoms with Crippen LogP contribution in [0.25, 0.3) is 0 Å². The quantitative estimate of drug-likeness (QED) is 0.833. The third-order valence-electron chi connectivity index (χ3n) is 2.09. The fourth-order valence-electron chi connectivity index (χ4n) is 1.34. The van der Waals surface area contributed by atoms with Crippen molar-refractivity contribution in [2.45, 2.75) is 0 Å². The molecule has 0 aromatic heterocycles. The van der Waals surface area contributed by atoms with E-state index in [0.29, 0.717) is 5.69 Å². The number of hydrogen-bond acceptors (Lipinski definition) is 3. The molecule has 0 saturated carbocycles. The highest BCUT2D eigenvalue weighted by Gasteiger charge is 1.96. The summed E-state index contributed by atoms with van der Waals surface area (Å²) in [5.74, 6) is 0. The predicted molar refractivity (Wildman–Crippen MR) is 69.3 cm³/mol. The number of hydrogen-bond donors (Lipinski definition) is 1. The van der Waals surface area contributed by atoms with Gasteiger partial charge in [0.05, 0.1) is 0 Å². The van der Waals surface area contributed by atoms with Crippen molar-refractivity contribution in [3.05, 3.63) is 57.9 Å². The van der Waals surface area contributed by atoms with Gasteiger partial charge < -0.3 is 5.32 Å². The summed E-state index contributed by atoms with van der Waals surface area (Å²) in [5.41, 5.74) is 2.34. The van der Waals surface area contributed by atoms with Crippen molar-refractivity contribution in [3.8, 4) is 0 Å². The molecular weight excluding hydrogens is 268 g/mol. The van der Waals surface area contributed by atoms with E-state index in [-0.39, 0.29) is 0 Å². The van der Waals surface area contributed by atoms with Gasteiger partial charge in [-0.2, -0.15) is 0 Å². The van der Waals surface area contributed by atoms with Crippen LogP contribution in [0.4, 0.5) is 17.1 Å². The summed E-state index contributed by atoms with van der Waals surface area (Å²) in [6.07, 6.45) is 0. The van der Waals surface area contributed by atoms with E-state index in [1.54, 1.807) is 12.1 Å². The maximum absolute atomic E-state index is 10.2. The summed E-state index contributed by atoms with van der Waals surface area (Å²) in [7, 11) is 0. The summed E-state index contributed by atoms with van der Waals surface area (Å²) < 4.78 is 1.02. The van der Waals surface area contributed by atoms with Crippen molar-refractivity contribution in [1.29, 1.82) is 0 Å². The number of halogens is 1. The maximum Gasteiger partial charge on any atom is 0.108 e. The lowest BCUT2D eigenvalue weighted by atomic mass is 10.2. The number of nitrogens with zero attached hydrogens (tertiary/aromatic N) is 1. The zero-order chi connectivity index (χ0) is 11.4. The van der Waals surface area contributed by atoms with Gasteiger partial charge in [0.1, 0.15) is 5.69 Å². The average molecular weight is 277 g/mol. The van der Waals surface area contributed by atoms with E-state index in [1.165, 1.54) is 0 Å². The third kappa shape index (κ3) is 2.67. The van der Waals surface area contributed by atoms with Gasteiger partial charge in [0.15, 0.2) is 0 Å². The summed E-state index contributed by atoms with van der Waals surface area (Å²) in [6, 6.07) is 14.8. The largest absolute Gasteiger partial charge is 0.355 e. The Morgan fingerprint density at radius 1 is 1.00 bits per heavy atom. The fraction of sp³-hybridized carbons (Fsp3) is 0. The molecule has 0 aliphatic heterocycles. The molecule has 0 saturated heterocycles. The Labute approximate surface area is 102 Å². The Bertz CT molecular complexity index is 497. The van der Waals surface area contributed by atoms with E-state index in [2.05, 4.69) is 26.4 Å².